The van der Waals surface area contributed by atoms with Crippen molar-refractivity contribution >= 4 is 17.1 Å². The van der Waals surface area contributed by atoms with E-state index in [9.17, 15) is 0 Å². The van der Waals surface area contributed by atoms with Gasteiger partial charge in [0.05, 0.1) is 18.4 Å². The number of nitrogens with zero attached hydrogens (tertiary/aromatic N) is 2. The monoisotopic (exact) mass is 368 g/mol. The van der Waals surface area contributed by atoms with E-state index in [1.165, 1.54) is 0 Å². The van der Waals surface area contributed by atoms with Crippen LogP contribution >= 0.6 is 0 Å². The van der Waals surface area contributed by atoms with Gasteiger partial charge < -0.3 is 20.2 Å². The molecule has 0 spiro atoms. The number of hydrazine groups is 1. The zero-order valence-electron chi connectivity index (χ0n) is 16.6. The highest BCUT2D eigenvalue weighted by atomic mass is 16.5. The second-order valence-electron chi connectivity index (χ2n) is 6.30. The molecule has 0 amide bonds. The van der Waals surface area contributed by atoms with Gasteiger partial charge in [0.2, 0.25) is 0 Å². The topological polar surface area (TPSA) is 86.1 Å². The second kappa shape index (κ2) is 9.09. The molecule has 0 unspecified atom stereocenters. The molecule has 0 bridgehead atoms. The molecule has 0 radical (unpaired) electrons. The Hall–Kier alpha value is -2.99. The van der Waals surface area contributed by atoms with Crippen LogP contribution in [0.3, 0.4) is 0 Å². The highest BCUT2D eigenvalue weighted by Gasteiger charge is 2.13. The first-order valence-corrected chi connectivity index (χ1v) is 8.66. The molecule has 0 heterocycles. The number of hydrogen-bond acceptors (Lipinski definition) is 6. The lowest BCUT2D eigenvalue weighted by atomic mass is 10.1. The predicted octanol–water partition coefficient (Wildman–Crippen LogP) is 3.28. The van der Waals surface area contributed by atoms with Crippen LogP contribution in [-0.2, 0) is 6.61 Å². The van der Waals surface area contributed by atoms with Crippen LogP contribution in [0.25, 0.3) is 5.70 Å². The summed E-state index contributed by atoms with van der Waals surface area (Å²) in [4.78, 5) is 4.11. The molecule has 2 rings (SSSR count). The molecule has 0 saturated heterocycles. The number of rotatable bonds is 7. The first-order valence-electron chi connectivity index (χ1n) is 8.66. The lowest BCUT2D eigenvalue weighted by Crippen LogP contribution is -2.26. The van der Waals surface area contributed by atoms with Gasteiger partial charge in [-0.05, 0) is 61.4 Å². The van der Waals surface area contributed by atoms with Crippen LogP contribution in [0, 0.1) is 6.92 Å². The van der Waals surface area contributed by atoms with Crippen molar-refractivity contribution in [2.24, 2.45) is 16.6 Å². The molecule has 0 fully saturated rings. The van der Waals surface area contributed by atoms with Gasteiger partial charge in [-0.25, -0.2) is 5.84 Å². The largest absolute Gasteiger partial charge is 0.496 e. The lowest BCUT2D eigenvalue weighted by Gasteiger charge is -2.20. The van der Waals surface area contributed by atoms with E-state index in [1.54, 1.807) is 26.2 Å². The average molecular weight is 368 g/mol. The number of ether oxygens (including phenoxy) is 2. The first-order chi connectivity index (χ1) is 12.9. The summed E-state index contributed by atoms with van der Waals surface area (Å²) < 4.78 is 11.5. The van der Waals surface area contributed by atoms with Gasteiger partial charge in [0, 0.05) is 25.5 Å². The van der Waals surface area contributed by atoms with Gasteiger partial charge in [0.25, 0.3) is 0 Å². The third-order valence-corrected chi connectivity index (χ3v) is 4.31. The number of nitrogens with two attached hydrogens (primary N) is 2. The first kappa shape index (κ1) is 20.3. The summed E-state index contributed by atoms with van der Waals surface area (Å²) in [6.45, 7) is 4.25. The molecule has 27 heavy (non-hydrogen) atoms. The summed E-state index contributed by atoms with van der Waals surface area (Å²) in [5.41, 5.74) is 11.4. The molecule has 0 saturated carbocycles. The third kappa shape index (κ3) is 5.01. The van der Waals surface area contributed by atoms with Crippen molar-refractivity contribution in [2.75, 3.05) is 26.2 Å². The zero-order chi connectivity index (χ0) is 20.0. The standard InChI is InChI=1S/C21H28N4O2/c1-14-11-16(18(22)12-15(2)24-3)9-10-20(14)27-13-17-19(25(4)23)7-6-8-21(17)26-5/h6-12H,13,22-23H2,1-5H3. The number of hydrogen-bond donors (Lipinski definition) is 2. The lowest BCUT2D eigenvalue weighted by molar-refractivity contribution is 0.295. The van der Waals surface area contributed by atoms with Crippen molar-refractivity contribution in [1.82, 2.24) is 0 Å². The Morgan fingerprint density at radius 1 is 1.22 bits per heavy atom. The van der Waals surface area contributed by atoms with E-state index >= 15 is 0 Å². The number of methoxy groups -OCH3 is 1. The molecule has 2 aromatic carbocycles. The molecule has 0 aliphatic heterocycles. The van der Waals surface area contributed by atoms with E-state index in [2.05, 4.69) is 4.99 Å². The van der Waals surface area contributed by atoms with Gasteiger partial charge in [-0.1, -0.05) is 6.07 Å². The summed E-state index contributed by atoms with van der Waals surface area (Å²) in [7, 11) is 5.16. The quantitative estimate of drug-likeness (QED) is 0.445. The number of allylic oxidation sites excluding steroid dienone is 1. The molecule has 2 aromatic rings. The van der Waals surface area contributed by atoms with Crippen molar-refractivity contribution in [3.63, 3.8) is 0 Å². The van der Waals surface area contributed by atoms with Gasteiger partial charge in [-0.15, -0.1) is 0 Å². The van der Waals surface area contributed by atoms with Crippen LogP contribution < -0.4 is 26.1 Å². The summed E-state index contributed by atoms with van der Waals surface area (Å²) >= 11 is 0. The maximum absolute atomic E-state index is 6.15. The molecule has 6 nitrogen and oxygen atoms in total. The van der Waals surface area contributed by atoms with E-state index in [4.69, 9.17) is 21.1 Å². The Morgan fingerprint density at radius 2 is 1.96 bits per heavy atom. The normalized spacial score (nSPS) is 12.1. The minimum Gasteiger partial charge on any atom is -0.496 e. The van der Waals surface area contributed by atoms with Gasteiger partial charge in [-0.3, -0.25) is 4.99 Å². The Kier molecular flexibility index (Phi) is 6.85. The van der Waals surface area contributed by atoms with Crippen LogP contribution in [0.5, 0.6) is 11.5 Å². The highest BCUT2D eigenvalue weighted by molar-refractivity contribution is 5.98. The molecule has 0 atom stereocenters. The fourth-order valence-electron chi connectivity index (χ4n) is 2.73. The fraction of sp³-hybridized carbons (Fsp3) is 0.286. The molecule has 0 aliphatic rings. The highest BCUT2D eigenvalue weighted by Crippen LogP contribution is 2.30. The minimum absolute atomic E-state index is 0.341. The van der Waals surface area contributed by atoms with Crippen LogP contribution in [0.4, 0.5) is 5.69 Å². The SMILES string of the molecule is CN=C(C)C=C(N)c1ccc(OCc2c(OC)cccc2N(C)N)c(C)c1. The predicted molar refractivity (Wildman–Crippen MR) is 112 cm³/mol. The van der Waals surface area contributed by atoms with Gasteiger partial charge in [-0.2, -0.15) is 0 Å². The summed E-state index contributed by atoms with van der Waals surface area (Å²) in [6, 6.07) is 11.6. The van der Waals surface area contributed by atoms with E-state index in [0.717, 1.165) is 39.6 Å². The zero-order valence-corrected chi connectivity index (χ0v) is 16.6. The number of aliphatic imine (C=N–C) groups is 1. The van der Waals surface area contributed by atoms with E-state index in [-0.39, 0.29) is 0 Å². The molecule has 0 aliphatic carbocycles. The maximum Gasteiger partial charge on any atom is 0.127 e. The van der Waals surface area contributed by atoms with Crippen molar-refractivity contribution < 1.29 is 9.47 Å². The van der Waals surface area contributed by atoms with Crippen molar-refractivity contribution in [3.05, 3.63) is 59.2 Å². The van der Waals surface area contributed by atoms with Crippen LogP contribution in [0.2, 0.25) is 0 Å². The summed E-state index contributed by atoms with van der Waals surface area (Å²) in [5, 5.41) is 1.56. The molecular weight excluding hydrogens is 340 g/mol. The van der Waals surface area contributed by atoms with E-state index < -0.39 is 0 Å². The summed E-state index contributed by atoms with van der Waals surface area (Å²) in [6.07, 6.45) is 1.85. The fourth-order valence-corrected chi connectivity index (χ4v) is 2.73. The summed E-state index contributed by atoms with van der Waals surface area (Å²) in [5.74, 6) is 7.45. The van der Waals surface area contributed by atoms with E-state index in [1.807, 2.05) is 56.3 Å². The number of benzene rings is 2. The Morgan fingerprint density at radius 3 is 2.56 bits per heavy atom. The van der Waals surface area contributed by atoms with Crippen LogP contribution in [0.15, 0.2) is 47.5 Å². The Labute approximate surface area is 161 Å². The van der Waals surface area contributed by atoms with Crippen molar-refractivity contribution in [1.29, 1.82) is 0 Å². The Balaban J connectivity index is 2.24. The smallest absolute Gasteiger partial charge is 0.127 e. The van der Waals surface area contributed by atoms with Gasteiger partial charge >= 0.3 is 0 Å². The number of anilines is 1. The molecule has 6 heteroatoms. The second-order valence-corrected chi connectivity index (χ2v) is 6.30. The molecule has 0 aromatic heterocycles. The minimum atomic E-state index is 0.341. The van der Waals surface area contributed by atoms with Crippen LogP contribution in [0.1, 0.15) is 23.6 Å². The van der Waals surface area contributed by atoms with Gasteiger partial charge in [0.1, 0.15) is 18.1 Å². The molecule has 4 N–H and O–H groups in total. The van der Waals surface area contributed by atoms with Crippen LogP contribution in [-0.4, -0.2) is 26.9 Å². The number of aryl methyl sites for hydroxylation is 1. The molecule has 144 valence electrons. The van der Waals surface area contributed by atoms with Crippen molar-refractivity contribution in [2.45, 2.75) is 20.5 Å². The maximum atomic E-state index is 6.15. The van der Waals surface area contributed by atoms with Gasteiger partial charge in [0.15, 0.2) is 0 Å². The third-order valence-electron chi connectivity index (χ3n) is 4.31. The average Bonchev–Trinajstić information content (AvgIpc) is 2.66. The Bertz CT molecular complexity index is 857. The molecular formula is C21H28N4O2. The van der Waals surface area contributed by atoms with Crippen molar-refractivity contribution in [3.8, 4) is 11.5 Å². The van der Waals surface area contributed by atoms with E-state index in [0.29, 0.717) is 12.3 Å².